The van der Waals surface area contributed by atoms with E-state index in [0.717, 1.165) is 0 Å². The number of aromatic amines is 1. The summed E-state index contributed by atoms with van der Waals surface area (Å²) in [5.41, 5.74) is 0.480. The molecule has 1 heterocycles. The van der Waals surface area contributed by atoms with Gasteiger partial charge in [0.05, 0.1) is 6.33 Å². The average molecular weight is 346 g/mol. The molecule has 3 N–H and O–H groups in total. The molecule has 2 amide bonds. The molecule has 0 bridgehead atoms. The van der Waals surface area contributed by atoms with Gasteiger partial charge in [-0.2, -0.15) is 0 Å². The molecule has 0 saturated heterocycles. The van der Waals surface area contributed by atoms with E-state index in [1.54, 1.807) is 0 Å². The van der Waals surface area contributed by atoms with E-state index in [0.29, 0.717) is 24.9 Å². The summed E-state index contributed by atoms with van der Waals surface area (Å²) in [7, 11) is 0. The van der Waals surface area contributed by atoms with E-state index in [1.165, 1.54) is 70.5 Å². The minimum absolute atomic E-state index is 0.206. The van der Waals surface area contributed by atoms with E-state index < -0.39 is 0 Å². The Bertz CT molecular complexity index is 523. The molecular weight excluding hydrogens is 316 g/mol. The summed E-state index contributed by atoms with van der Waals surface area (Å²) in [6.45, 7) is 1.36. The van der Waals surface area contributed by atoms with Crippen LogP contribution in [0.1, 0.15) is 85.2 Å². The summed E-state index contributed by atoms with van der Waals surface area (Å²) in [5.74, 6) is 0.630. The molecular formula is C19H30N4O2. The second-order valence-corrected chi connectivity index (χ2v) is 7.55. The number of carbonyl (C=O) groups is 2. The van der Waals surface area contributed by atoms with Gasteiger partial charge in [-0.25, -0.2) is 4.98 Å². The predicted octanol–water partition coefficient (Wildman–Crippen LogP) is 3.03. The van der Waals surface area contributed by atoms with Crippen LogP contribution in [0.4, 0.5) is 0 Å². The number of amides is 2. The van der Waals surface area contributed by atoms with Gasteiger partial charge in [0.15, 0.2) is 5.69 Å². The van der Waals surface area contributed by atoms with E-state index >= 15 is 0 Å². The number of hydrogen-bond acceptors (Lipinski definition) is 3. The van der Waals surface area contributed by atoms with E-state index in [2.05, 4.69) is 20.6 Å². The molecule has 6 heteroatoms. The van der Waals surface area contributed by atoms with Gasteiger partial charge in [0.1, 0.15) is 5.69 Å². The molecule has 0 spiro atoms. The molecule has 2 aliphatic carbocycles. The van der Waals surface area contributed by atoms with Gasteiger partial charge in [-0.15, -0.1) is 0 Å². The first-order chi connectivity index (χ1) is 12.2. The van der Waals surface area contributed by atoms with Gasteiger partial charge in [-0.05, 0) is 37.5 Å². The third kappa shape index (κ3) is 5.06. The summed E-state index contributed by atoms with van der Waals surface area (Å²) in [6, 6.07) is 0. The number of nitrogens with zero attached hydrogens (tertiary/aromatic N) is 1. The second-order valence-electron chi connectivity index (χ2n) is 7.55. The molecule has 0 radical (unpaired) electrons. The van der Waals surface area contributed by atoms with Crippen LogP contribution in [0.25, 0.3) is 0 Å². The monoisotopic (exact) mass is 346 g/mol. The Hall–Kier alpha value is -1.85. The van der Waals surface area contributed by atoms with Gasteiger partial charge < -0.3 is 15.6 Å². The molecule has 138 valence electrons. The topological polar surface area (TPSA) is 86.9 Å². The number of rotatable bonds is 6. The van der Waals surface area contributed by atoms with Gasteiger partial charge >= 0.3 is 0 Å². The Morgan fingerprint density at radius 2 is 1.40 bits per heavy atom. The van der Waals surface area contributed by atoms with Crippen molar-refractivity contribution in [2.24, 2.45) is 11.8 Å². The number of nitrogens with one attached hydrogen (secondary N) is 3. The average Bonchev–Trinajstić information content (AvgIpc) is 3.16. The molecule has 0 unspecified atom stereocenters. The van der Waals surface area contributed by atoms with Crippen LogP contribution in [0.5, 0.6) is 0 Å². The van der Waals surface area contributed by atoms with Crippen molar-refractivity contribution in [3.8, 4) is 0 Å². The number of imidazole rings is 1. The minimum atomic E-state index is -0.255. The van der Waals surface area contributed by atoms with Crippen LogP contribution in [-0.4, -0.2) is 34.9 Å². The summed E-state index contributed by atoms with van der Waals surface area (Å²) in [5, 5.41) is 5.92. The van der Waals surface area contributed by atoms with Crippen LogP contribution >= 0.6 is 0 Å². The van der Waals surface area contributed by atoms with Crippen molar-refractivity contribution in [2.75, 3.05) is 13.1 Å². The lowest BCUT2D eigenvalue weighted by Crippen LogP contribution is -2.34. The minimum Gasteiger partial charge on any atom is -0.350 e. The molecule has 1 aromatic heterocycles. The SMILES string of the molecule is O=C(NCC1CCCCC1)c1nc[nH]c1C(=O)NCC1CCCCC1. The van der Waals surface area contributed by atoms with Crippen LogP contribution in [0.2, 0.25) is 0 Å². The van der Waals surface area contributed by atoms with Crippen LogP contribution in [0, 0.1) is 11.8 Å². The van der Waals surface area contributed by atoms with Crippen molar-refractivity contribution in [2.45, 2.75) is 64.2 Å². The Morgan fingerprint density at radius 1 is 0.880 bits per heavy atom. The Kier molecular flexibility index (Phi) is 6.48. The lowest BCUT2D eigenvalue weighted by molar-refractivity contribution is 0.0904. The van der Waals surface area contributed by atoms with Crippen molar-refractivity contribution < 1.29 is 9.59 Å². The summed E-state index contributed by atoms with van der Waals surface area (Å²) >= 11 is 0. The first kappa shape index (κ1) is 18.0. The molecule has 0 aromatic carbocycles. The molecule has 3 rings (SSSR count). The predicted molar refractivity (Wildman–Crippen MR) is 96.4 cm³/mol. The molecule has 6 nitrogen and oxygen atoms in total. The van der Waals surface area contributed by atoms with Crippen LogP contribution in [0.15, 0.2) is 6.33 Å². The standard InChI is InChI=1S/C19H30N4O2/c24-18(20-11-14-7-3-1-4-8-14)16-17(23-13-22-16)19(25)21-12-15-9-5-2-6-10-15/h13-15H,1-12H2,(H,20,24)(H,21,25)(H,22,23). The first-order valence-corrected chi connectivity index (χ1v) is 9.84. The quantitative estimate of drug-likeness (QED) is 0.740. The third-order valence-electron chi connectivity index (χ3n) is 5.63. The van der Waals surface area contributed by atoms with E-state index in [-0.39, 0.29) is 23.2 Å². The molecule has 0 aliphatic heterocycles. The van der Waals surface area contributed by atoms with Crippen LogP contribution in [0.3, 0.4) is 0 Å². The molecule has 25 heavy (non-hydrogen) atoms. The highest BCUT2D eigenvalue weighted by Gasteiger charge is 2.22. The Morgan fingerprint density at radius 3 is 1.96 bits per heavy atom. The van der Waals surface area contributed by atoms with Gasteiger partial charge in [0.2, 0.25) is 0 Å². The number of aromatic nitrogens is 2. The summed E-state index contributed by atoms with van der Waals surface area (Å²) < 4.78 is 0. The summed E-state index contributed by atoms with van der Waals surface area (Å²) in [6.07, 6.45) is 13.7. The largest absolute Gasteiger partial charge is 0.350 e. The van der Waals surface area contributed by atoms with Gasteiger partial charge in [0, 0.05) is 13.1 Å². The van der Waals surface area contributed by atoms with Gasteiger partial charge in [0.25, 0.3) is 11.8 Å². The lowest BCUT2D eigenvalue weighted by atomic mass is 9.89. The van der Waals surface area contributed by atoms with E-state index in [4.69, 9.17) is 0 Å². The zero-order valence-electron chi connectivity index (χ0n) is 15.0. The zero-order chi connectivity index (χ0) is 17.5. The number of hydrogen-bond donors (Lipinski definition) is 3. The van der Waals surface area contributed by atoms with Crippen LogP contribution in [-0.2, 0) is 0 Å². The Balaban J connectivity index is 1.49. The van der Waals surface area contributed by atoms with Crippen molar-refractivity contribution >= 4 is 11.8 Å². The van der Waals surface area contributed by atoms with E-state index in [9.17, 15) is 9.59 Å². The maximum Gasteiger partial charge on any atom is 0.272 e. The fourth-order valence-electron chi connectivity index (χ4n) is 4.07. The maximum atomic E-state index is 12.4. The van der Waals surface area contributed by atoms with Crippen molar-refractivity contribution in [1.29, 1.82) is 0 Å². The molecule has 2 saturated carbocycles. The highest BCUT2D eigenvalue weighted by atomic mass is 16.2. The van der Waals surface area contributed by atoms with Crippen LogP contribution < -0.4 is 10.6 Å². The van der Waals surface area contributed by atoms with Crippen molar-refractivity contribution in [3.63, 3.8) is 0 Å². The van der Waals surface area contributed by atoms with Crippen molar-refractivity contribution in [3.05, 3.63) is 17.7 Å². The summed E-state index contributed by atoms with van der Waals surface area (Å²) in [4.78, 5) is 31.7. The van der Waals surface area contributed by atoms with E-state index in [1.807, 2.05) is 0 Å². The normalized spacial score (nSPS) is 19.5. The number of H-pyrrole nitrogens is 1. The smallest absolute Gasteiger partial charge is 0.272 e. The van der Waals surface area contributed by atoms with Gasteiger partial charge in [-0.3, -0.25) is 9.59 Å². The highest BCUT2D eigenvalue weighted by Crippen LogP contribution is 2.23. The van der Waals surface area contributed by atoms with Gasteiger partial charge in [-0.1, -0.05) is 38.5 Å². The first-order valence-electron chi connectivity index (χ1n) is 9.84. The molecule has 0 atom stereocenters. The number of carbonyl (C=O) groups excluding carboxylic acids is 2. The fourth-order valence-corrected chi connectivity index (χ4v) is 4.07. The third-order valence-corrected chi connectivity index (χ3v) is 5.63. The molecule has 2 fully saturated rings. The Labute approximate surface area is 149 Å². The van der Waals surface area contributed by atoms with Crippen molar-refractivity contribution in [1.82, 2.24) is 20.6 Å². The molecule has 2 aliphatic rings. The fraction of sp³-hybridized carbons (Fsp3) is 0.737. The lowest BCUT2D eigenvalue weighted by Gasteiger charge is -2.22. The highest BCUT2D eigenvalue weighted by molar-refractivity contribution is 6.04. The second kappa shape index (κ2) is 9.02. The zero-order valence-corrected chi connectivity index (χ0v) is 15.0. The maximum absolute atomic E-state index is 12.4. The molecule has 1 aromatic rings.